The molecule has 0 unspecified atom stereocenters. The summed E-state index contributed by atoms with van der Waals surface area (Å²) in [7, 11) is 1.33. The number of hydrogen-bond donors (Lipinski definition) is 0. The maximum absolute atomic E-state index is 10.9. The highest BCUT2D eigenvalue weighted by Crippen LogP contribution is 1.94. The van der Waals surface area contributed by atoms with Crippen molar-refractivity contribution in [3.63, 3.8) is 0 Å². The van der Waals surface area contributed by atoms with Crippen molar-refractivity contribution >= 4 is 11.9 Å². The molecule has 0 aliphatic heterocycles. The van der Waals surface area contributed by atoms with Crippen LogP contribution < -0.4 is 0 Å². The van der Waals surface area contributed by atoms with Crippen molar-refractivity contribution in [3.8, 4) is 0 Å². The number of rotatable bonds is 6. The van der Waals surface area contributed by atoms with Crippen LogP contribution in [0.4, 0.5) is 0 Å². The van der Waals surface area contributed by atoms with Crippen LogP contribution in [0.25, 0.3) is 0 Å². The quantitative estimate of drug-likeness (QED) is 0.481. The van der Waals surface area contributed by atoms with Crippen LogP contribution in [0, 0.1) is 0 Å². The molecule has 0 aromatic heterocycles. The van der Waals surface area contributed by atoms with Gasteiger partial charge in [-0.3, -0.25) is 4.79 Å². The molecule has 0 rings (SSSR count). The zero-order valence-electron chi connectivity index (χ0n) is 8.62. The third kappa shape index (κ3) is 7.34. The molecule has 0 bridgehead atoms. The first kappa shape index (κ1) is 12.7. The van der Waals surface area contributed by atoms with Crippen molar-refractivity contribution in [2.45, 2.75) is 26.2 Å². The van der Waals surface area contributed by atoms with E-state index in [0.717, 1.165) is 6.42 Å². The van der Waals surface area contributed by atoms with Gasteiger partial charge in [-0.2, -0.15) is 0 Å². The highest BCUT2D eigenvalue weighted by Gasteiger charge is 1.97. The Balaban J connectivity index is 3.51. The van der Waals surface area contributed by atoms with Crippen LogP contribution in [-0.2, 0) is 19.1 Å². The van der Waals surface area contributed by atoms with E-state index in [0.29, 0.717) is 13.0 Å². The summed E-state index contributed by atoms with van der Waals surface area (Å²) in [6, 6.07) is 0. The lowest BCUT2D eigenvalue weighted by atomic mass is 10.3. The average Bonchev–Trinajstić information content (AvgIpc) is 2.21. The largest absolute Gasteiger partial charge is 0.469 e. The number of esters is 2. The first-order valence-electron chi connectivity index (χ1n) is 4.60. The first-order chi connectivity index (χ1) is 6.70. The second kappa shape index (κ2) is 8.29. The van der Waals surface area contributed by atoms with Gasteiger partial charge in [-0.25, -0.2) is 4.79 Å². The molecule has 0 N–H and O–H groups in total. The number of carbonyl (C=O) groups is 2. The summed E-state index contributed by atoms with van der Waals surface area (Å²) in [4.78, 5) is 21.5. The Bertz CT molecular complexity index is 208. The van der Waals surface area contributed by atoms with E-state index < -0.39 is 0 Å². The summed E-state index contributed by atoms with van der Waals surface area (Å²) >= 11 is 0. The maximum Gasteiger partial charge on any atom is 0.330 e. The standard InChI is InChI=1S/C10H16O4/c1-3-8-14-10(12)7-5-4-6-9(11)13-2/h5,7H,3-4,6,8H2,1-2H3/b7-5+. The molecule has 0 heterocycles. The normalized spacial score (nSPS) is 10.1. The molecule has 0 aromatic rings. The van der Waals surface area contributed by atoms with Crippen LogP contribution in [0.15, 0.2) is 12.2 Å². The summed E-state index contributed by atoms with van der Waals surface area (Å²) in [6.45, 7) is 2.36. The summed E-state index contributed by atoms with van der Waals surface area (Å²) in [5.41, 5.74) is 0. The summed E-state index contributed by atoms with van der Waals surface area (Å²) in [5.74, 6) is -0.645. The molecule has 0 amide bonds. The second-order valence-electron chi connectivity index (χ2n) is 2.68. The molecule has 0 atom stereocenters. The number of ether oxygens (including phenoxy) is 2. The number of hydrogen-bond acceptors (Lipinski definition) is 4. The fourth-order valence-corrected chi connectivity index (χ4v) is 0.734. The molecule has 4 heteroatoms. The number of allylic oxidation sites excluding steroid dienone is 1. The van der Waals surface area contributed by atoms with Crippen molar-refractivity contribution in [2.75, 3.05) is 13.7 Å². The predicted octanol–water partition coefficient (Wildman–Crippen LogP) is 1.45. The molecule has 0 aromatic carbocycles. The van der Waals surface area contributed by atoms with Crippen molar-refractivity contribution in [3.05, 3.63) is 12.2 Å². The van der Waals surface area contributed by atoms with Gasteiger partial charge in [0.1, 0.15) is 0 Å². The minimum Gasteiger partial charge on any atom is -0.469 e. The topological polar surface area (TPSA) is 52.6 Å². The van der Waals surface area contributed by atoms with E-state index >= 15 is 0 Å². The SMILES string of the molecule is CCCOC(=O)/C=C/CCC(=O)OC. The molecule has 0 aliphatic rings. The molecule has 0 radical (unpaired) electrons. The molecule has 4 nitrogen and oxygen atoms in total. The van der Waals surface area contributed by atoms with Crippen molar-refractivity contribution in [2.24, 2.45) is 0 Å². The molecule has 0 saturated carbocycles. The zero-order valence-corrected chi connectivity index (χ0v) is 8.62. The van der Waals surface area contributed by atoms with Gasteiger partial charge >= 0.3 is 11.9 Å². The lowest BCUT2D eigenvalue weighted by molar-refractivity contribution is -0.141. The van der Waals surface area contributed by atoms with Crippen LogP contribution in [-0.4, -0.2) is 25.7 Å². The Labute approximate surface area is 83.9 Å². The van der Waals surface area contributed by atoms with Crippen molar-refractivity contribution in [1.82, 2.24) is 0 Å². The minimum atomic E-state index is -0.364. The third-order valence-corrected chi connectivity index (χ3v) is 1.45. The van der Waals surface area contributed by atoms with Crippen molar-refractivity contribution < 1.29 is 19.1 Å². The van der Waals surface area contributed by atoms with Crippen LogP contribution in [0.1, 0.15) is 26.2 Å². The Kier molecular flexibility index (Phi) is 7.50. The first-order valence-corrected chi connectivity index (χ1v) is 4.60. The number of methoxy groups -OCH3 is 1. The van der Waals surface area contributed by atoms with Gasteiger partial charge in [0.05, 0.1) is 13.7 Å². The van der Waals surface area contributed by atoms with E-state index in [1.165, 1.54) is 13.2 Å². The van der Waals surface area contributed by atoms with E-state index in [9.17, 15) is 9.59 Å². The average molecular weight is 200 g/mol. The van der Waals surface area contributed by atoms with Gasteiger partial charge in [-0.15, -0.1) is 0 Å². The van der Waals surface area contributed by atoms with Gasteiger partial charge < -0.3 is 9.47 Å². The summed E-state index contributed by atoms with van der Waals surface area (Å²) in [6.07, 6.45) is 4.53. The van der Waals surface area contributed by atoms with Gasteiger partial charge in [0.15, 0.2) is 0 Å². The molecule has 0 spiro atoms. The third-order valence-electron chi connectivity index (χ3n) is 1.45. The van der Waals surface area contributed by atoms with Gasteiger partial charge in [-0.05, 0) is 12.8 Å². The molecule has 0 fully saturated rings. The lowest BCUT2D eigenvalue weighted by Gasteiger charge is -1.97. The lowest BCUT2D eigenvalue weighted by Crippen LogP contribution is -2.01. The number of carbonyl (C=O) groups excluding carboxylic acids is 2. The Hall–Kier alpha value is -1.32. The minimum absolute atomic E-state index is 0.281. The highest BCUT2D eigenvalue weighted by molar-refractivity contribution is 5.82. The van der Waals surface area contributed by atoms with E-state index in [4.69, 9.17) is 4.74 Å². The summed E-state index contributed by atoms with van der Waals surface area (Å²) < 4.78 is 9.22. The second-order valence-corrected chi connectivity index (χ2v) is 2.68. The predicted molar refractivity (Wildman–Crippen MR) is 51.6 cm³/mol. The van der Waals surface area contributed by atoms with Gasteiger partial charge in [-0.1, -0.05) is 13.0 Å². The van der Waals surface area contributed by atoms with E-state index in [2.05, 4.69) is 4.74 Å². The molecule has 0 aliphatic carbocycles. The van der Waals surface area contributed by atoms with Crippen molar-refractivity contribution in [1.29, 1.82) is 0 Å². The highest BCUT2D eigenvalue weighted by atomic mass is 16.5. The van der Waals surface area contributed by atoms with Gasteiger partial charge in [0.25, 0.3) is 0 Å². The molecule has 0 saturated heterocycles. The van der Waals surface area contributed by atoms with Gasteiger partial charge in [0.2, 0.25) is 0 Å². The Morgan fingerprint density at radius 3 is 2.64 bits per heavy atom. The van der Waals surface area contributed by atoms with Crippen LogP contribution in [0.3, 0.4) is 0 Å². The zero-order chi connectivity index (χ0) is 10.8. The molecule has 80 valence electrons. The fraction of sp³-hybridized carbons (Fsp3) is 0.600. The summed E-state index contributed by atoms with van der Waals surface area (Å²) in [5, 5.41) is 0. The smallest absolute Gasteiger partial charge is 0.330 e. The van der Waals surface area contributed by atoms with E-state index in [1.54, 1.807) is 6.08 Å². The monoisotopic (exact) mass is 200 g/mol. The Morgan fingerprint density at radius 2 is 2.07 bits per heavy atom. The van der Waals surface area contributed by atoms with Gasteiger partial charge in [0, 0.05) is 12.5 Å². The Morgan fingerprint density at radius 1 is 1.36 bits per heavy atom. The molecular formula is C10H16O4. The van der Waals surface area contributed by atoms with Crippen LogP contribution in [0.5, 0.6) is 0 Å². The fourth-order valence-electron chi connectivity index (χ4n) is 0.734. The molecular weight excluding hydrogens is 184 g/mol. The van der Waals surface area contributed by atoms with E-state index in [-0.39, 0.29) is 18.4 Å². The van der Waals surface area contributed by atoms with Crippen LogP contribution >= 0.6 is 0 Å². The maximum atomic E-state index is 10.9. The van der Waals surface area contributed by atoms with E-state index in [1.807, 2.05) is 6.92 Å². The van der Waals surface area contributed by atoms with Crippen LogP contribution in [0.2, 0.25) is 0 Å². The molecule has 14 heavy (non-hydrogen) atoms.